The van der Waals surface area contributed by atoms with Gasteiger partial charge in [0.25, 0.3) is 0 Å². The van der Waals surface area contributed by atoms with Crippen molar-refractivity contribution in [2.24, 2.45) is 0 Å². The zero-order valence-electron chi connectivity index (χ0n) is 8.58. The number of carbonyl (C=O) groups excluding carboxylic acids is 1. The van der Waals surface area contributed by atoms with Gasteiger partial charge in [-0.2, -0.15) is 0 Å². The van der Waals surface area contributed by atoms with Gasteiger partial charge in [0.15, 0.2) is 5.78 Å². The Labute approximate surface area is 123 Å². The lowest BCUT2D eigenvalue weighted by molar-refractivity contribution is 0.103. The van der Waals surface area contributed by atoms with Crippen LogP contribution in [0.5, 0.6) is 0 Å². The van der Waals surface area contributed by atoms with E-state index in [-0.39, 0.29) is 5.78 Å². The highest BCUT2D eigenvalue weighted by atomic mass is 127. The van der Waals surface area contributed by atoms with Gasteiger partial charge in [0.2, 0.25) is 0 Å². The fourth-order valence-corrected chi connectivity index (χ4v) is 2.55. The molecule has 86 valence electrons. The molecule has 2 rings (SSSR count). The van der Waals surface area contributed by atoms with Gasteiger partial charge in [0.1, 0.15) is 0 Å². The Balaban J connectivity index is 2.43. The molecule has 0 saturated heterocycles. The van der Waals surface area contributed by atoms with E-state index in [0.717, 1.165) is 3.57 Å². The lowest BCUT2D eigenvalue weighted by atomic mass is 10.0. The molecule has 4 heteroatoms. The molecule has 0 fully saturated rings. The molecule has 0 heterocycles. The highest BCUT2D eigenvalue weighted by molar-refractivity contribution is 14.1. The molecule has 0 spiro atoms. The van der Waals surface area contributed by atoms with E-state index in [1.54, 1.807) is 24.3 Å². The minimum Gasteiger partial charge on any atom is -0.289 e. The molecule has 0 unspecified atom stereocenters. The van der Waals surface area contributed by atoms with Crippen LogP contribution in [0.2, 0.25) is 10.0 Å². The van der Waals surface area contributed by atoms with Crippen molar-refractivity contribution in [3.05, 3.63) is 67.2 Å². The monoisotopic (exact) mass is 376 g/mol. The summed E-state index contributed by atoms with van der Waals surface area (Å²) in [7, 11) is 0. The number of hydrogen-bond acceptors (Lipinski definition) is 1. The number of benzene rings is 2. The number of rotatable bonds is 2. The third kappa shape index (κ3) is 3.21. The van der Waals surface area contributed by atoms with Crippen molar-refractivity contribution in [3.63, 3.8) is 0 Å². The lowest BCUT2D eigenvalue weighted by Crippen LogP contribution is -2.01. The van der Waals surface area contributed by atoms with Crippen LogP contribution in [0.25, 0.3) is 0 Å². The second-order valence-corrected chi connectivity index (χ2v) is 5.62. The van der Waals surface area contributed by atoms with E-state index in [2.05, 4.69) is 22.6 Å². The average molecular weight is 377 g/mol. The summed E-state index contributed by atoms with van der Waals surface area (Å²) < 4.78 is 1.02. The molecule has 1 nitrogen and oxygen atoms in total. The molecule has 17 heavy (non-hydrogen) atoms. The van der Waals surface area contributed by atoms with Gasteiger partial charge in [0.05, 0.1) is 0 Å². The zero-order valence-corrected chi connectivity index (χ0v) is 12.3. The fraction of sp³-hybridized carbons (Fsp3) is 0. The molecule has 0 atom stereocenters. The maximum Gasteiger partial charge on any atom is 0.193 e. The topological polar surface area (TPSA) is 17.1 Å². The van der Waals surface area contributed by atoms with Crippen LogP contribution in [0.4, 0.5) is 0 Å². The first-order valence-corrected chi connectivity index (χ1v) is 6.66. The Bertz CT molecular complexity index is 561. The van der Waals surface area contributed by atoms with Gasteiger partial charge in [-0.1, -0.05) is 35.3 Å². The predicted octanol–water partition coefficient (Wildman–Crippen LogP) is 4.83. The minimum atomic E-state index is -0.0760. The Kier molecular flexibility index (Phi) is 4.07. The van der Waals surface area contributed by atoms with Gasteiger partial charge in [0, 0.05) is 24.7 Å². The summed E-state index contributed by atoms with van der Waals surface area (Å²) in [5.41, 5.74) is 1.14. The average Bonchev–Trinajstić information content (AvgIpc) is 2.26. The summed E-state index contributed by atoms with van der Waals surface area (Å²) in [6.45, 7) is 0. The smallest absolute Gasteiger partial charge is 0.193 e. The number of carbonyl (C=O) groups is 1. The molecule has 0 bridgehead atoms. The van der Waals surface area contributed by atoms with E-state index in [1.165, 1.54) is 0 Å². The van der Waals surface area contributed by atoms with Crippen LogP contribution in [-0.4, -0.2) is 5.78 Å². The zero-order chi connectivity index (χ0) is 12.4. The summed E-state index contributed by atoms with van der Waals surface area (Å²) in [5.74, 6) is -0.0760. The molecule has 0 aliphatic carbocycles. The van der Waals surface area contributed by atoms with Crippen molar-refractivity contribution in [2.75, 3.05) is 0 Å². The number of hydrogen-bond donors (Lipinski definition) is 0. The second kappa shape index (κ2) is 5.38. The highest BCUT2D eigenvalue weighted by Crippen LogP contribution is 2.21. The molecule has 0 saturated carbocycles. The second-order valence-electron chi connectivity index (χ2n) is 3.50. The largest absolute Gasteiger partial charge is 0.289 e. The normalized spacial score (nSPS) is 10.3. The molecular weight excluding hydrogens is 370 g/mol. The van der Waals surface area contributed by atoms with Crippen LogP contribution in [0.3, 0.4) is 0 Å². The minimum absolute atomic E-state index is 0.0760. The molecule has 0 aliphatic rings. The van der Waals surface area contributed by atoms with Crippen molar-refractivity contribution in [1.82, 2.24) is 0 Å². The van der Waals surface area contributed by atoms with Crippen molar-refractivity contribution in [3.8, 4) is 0 Å². The van der Waals surface area contributed by atoms with Gasteiger partial charge in [-0.3, -0.25) is 4.79 Å². The van der Waals surface area contributed by atoms with Crippen molar-refractivity contribution >= 4 is 51.6 Å². The first-order valence-electron chi connectivity index (χ1n) is 4.82. The van der Waals surface area contributed by atoms with Crippen LogP contribution in [-0.2, 0) is 0 Å². The van der Waals surface area contributed by atoms with Crippen LogP contribution < -0.4 is 0 Å². The molecular formula is C13H7Cl2IO. The Morgan fingerprint density at radius 2 is 1.59 bits per heavy atom. The number of halogens is 3. The van der Waals surface area contributed by atoms with E-state index in [1.807, 2.05) is 18.2 Å². The summed E-state index contributed by atoms with van der Waals surface area (Å²) >= 11 is 13.9. The molecule has 2 aromatic carbocycles. The van der Waals surface area contributed by atoms with Gasteiger partial charge < -0.3 is 0 Å². The Hall–Kier alpha value is -0.580. The summed E-state index contributed by atoms with van der Waals surface area (Å²) in [6.07, 6.45) is 0. The molecule has 0 radical (unpaired) electrons. The van der Waals surface area contributed by atoms with Gasteiger partial charge in [-0.05, 0) is 52.9 Å². The molecule has 2 aromatic rings. The van der Waals surface area contributed by atoms with E-state index in [9.17, 15) is 4.79 Å². The Morgan fingerprint density at radius 1 is 0.941 bits per heavy atom. The van der Waals surface area contributed by atoms with Crippen molar-refractivity contribution in [2.45, 2.75) is 0 Å². The molecule has 0 N–H and O–H groups in total. The SMILES string of the molecule is O=C(c1cc(Cl)cc(Cl)c1)c1cccc(I)c1. The predicted molar refractivity (Wildman–Crippen MR) is 79.1 cm³/mol. The highest BCUT2D eigenvalue weighted by Gasteiger charge is 2.10. The third-order valence-corrected chi connectivity index (χ3v) is 3.32. The van der Waals surface area contributed by atoms with E-state index >= 15 is 0 Å². The maximum atomic E-state index is 12.2. The quantitative estimate of drug-likeness (QED) is 0.542. The lowest BCUT2D eigenvalue weighted by Gasteiger charge is -2.03. The number of ketones is 1. The maximum absolute atomic E-state index is 12.2. The van der Waals surface area contributed by atoms with Gasteiger partial charge >= 0.3 is 0 Å². The van der Waals surface area contributed by atoms with Crippen molar-refractivity contribution in [1.29, 1.82) is 0 Å². The molecule has 0 aliphatic heterocycles. The summed E-state index contributed by atoms with van der Waals surface area (Å²) in [4.78, 5) is 12.2. The van der Waals surface area contributed by atoms with Crippen LogP contribution in [0.1, 0.15) is 15.9 Å². The van der Waals surface area contributed by atoms with Crippen molar-refractivity contribution < 1.29 is 4.79 Å². The molecule has 0 aromatic heterocycles. The molecule has 0 amide bonds. The van der Waals surface area contributed by atoms with Gasteiger partial charge in [-0.25, -0.2) is 0 Å². The summed E-state index contributed by atoms with van der Waals surface area (Å²) in [6, 6.07) is 12.2. The fourth-order valence-electron chi connectivity index (χ4n) is 1.48. The first-order chi connectivity index (χ1) is 8.06. The summed E-state index contributed by atoms with van der Waals surface area (Å²) in [5, 5.41) is 0.929. The van der Waals surface area contributed by atoms with E-state index in [0.29, 0.717) is 21.2 Å². The van der Waals surface area contributed by atoms with E-state index in [4.69, 9.17) is 23.2 Å². The standard InChI is InChI=1S/C13H7Cl2IO/c14-10-4-9(5-11(15)7-10)13(17)8-2-1-3-12(16)6-8/h1-7H. The van der Waals surface area contributed by atoms with Gasteiger partial charge in [-0.15, -0.1) is 0 Å². The van der Waals surface area contributed by atoms with Crippen LogP contribution >= 0.6 is 45.8 Å². The van der Waals surface area contributed by atoms with Crippen LogP contribution in [0, 0.1) is 3.57 Å². The Morgan fingerprint density at radius 3 is 2.18 bits per heavy atom. The van der Waals surface area contributed by atoms with Crippen LogP contribution in [0.15, 0.2) is 42.5 Å². The van der Waals surface area contributed by atoms with E-state index < -0.39 is 0 Å². The first kappa shape index (κ1) is 12.9. The third-order valence-electron chi connectivity index (χ3n) is 2.21.